The summed E-state index contributed by atoms with van der Waals surface area (Å²) in [5.74, 6) is 1.33. The molecule has 3 N–H and O–H groups in total. The molecule has 24 heavy (non-hydrogen) atoms. The summed E-state index contributed by atoms with van der Waals surface area (Å²) in [6.45, 7) is 0. The number of nitrogens with zero attached hydrogens (tertiary/aromatic N) is 1. The van der Waals surface area contributed by atoms with Crippen molar-refractivity contribution in [1.82, 2.24) is 4.98 Å². The maximum Gasteiger partial charge on any atom is 0.291 e. The van der Waals surface area contributed by atoms with Crippen molar-refractivity contribution < 1.29 is 9.67 Å². The summed E-state index contributed by atoms with van der Waals surface area (Å²) in [5, 5.41) is 14.0. The number of aromatic hydroxyl groups is 1. The van der Waals surface area contributed by atoms with Gasteiger partial charge in [0.05, 0.1) is 16.8 Å². The Bertz CT molecular complexity index is 1070. The van der Waals surface area contributed by atoms with E-state index in [-0.39, 0.29) is 11.9 Å². The SMILES string of the molecule is Oc1ccccc1C1Nc2ccccc2-c2[nH]c3ccccc3[n+]21. The monoisotopic (exact) mass is 314 g/mol. The van der Waals surface area contributed by atoms with E-state index in [4.69, 9.17) is 0 Å². The fourth-order valence-corrected chi connectivity index (χ4v) is 3.53. The van der Waals surface area contributed by atoms with E-state index in [0.29, 0.717) is 0 Å². The van der Waals surface area contributed by atoms with Gasteiger partial charge in [-0.15, -0.1) is 0 Å². The third-order valence-electron chi connectivity index (χ3n) is 4.62. The van der Waals surface area contributed by atoms with Gasteiger partial charge in [0.25, 0.3) is 5.82 Å². The van der Waals surface area contributed by atoms with Crippen LogP contribution in [0.2, 0.25) is 0 Å². The van der Waals surface area contributed by atoms with Gasteiger partial charge in [0, 0.05) is 0 Å². The number of nitrogens with one attached hydrogen (secondary N) is 2. The Morgan fingerprint density at radius 1 is 0.833 bits per heavy atom. The number of anilines is 1. The molecule has 0 radical (unpaired) electrons. The zero-order valence-electron chi connectivity index (χ0n) is 12.9. The van der Waals surface area contributed by atoms with Crippen molar-refractivity contribution in [2.24, 2.45) is 0 Å². The molecule has 0 saturated carbocycles. The van der Waals surface area contributed by atoms with Gasteiger partial charge >= 0.3 is 0 Å². The predicted molar refractivity (Wildman–Crippen MR) is 93.8 cm³/mol. The van der Waals surface area contributed by atoms with Crippen molar-refractivity contribution in [3.05, 3.63) is 78.4 Å². The Morgan fingerprint density at radius 2 is 1.58 bits per heavy atom. The van der Waals surface area contributed by atoms with Crippen LogP contribution in [0.4, 0.5) is 5.69 Å². The normalized spacial score (nSPS) is 15.6. The molecule has 1 aliphatic heterocycles. The highest BCUT2D eigenvalue weighted by molar-refractivity contribution is 5.80. The van der Waals surface area contributed by atoms with Crippen molar-refractivity contribution in [1.29, 1.82) is 0 Å². The summed E-state index contributed by atoms with van der Waals surface area (Å²) in [6.07, 6.45) is -0.174. The van der Waals surface area contributed by atoms with Crippen LogP contribution in [0.5, 0.6) is 5.75 Å². The van der Waals surface area contributed by atoms with Crippen LogP contribution in [-0.4, -0.2) is 10.1 Å². The van der Waals surface area contributed by atoms with E-state index in [9.17, 15) is 5.11 Å². The molecule has 0 bridgehead atoms. The quantitative estimate of drug-likeness (QED) is 0.468. The van der Waals surface area contributed by atoms with Crippen molar-refractivity contribution in [3.8, 4) is 17.1 Å². The second-order valence-corrected chi connectivity index (χ2v) is 6.01. The van der Waals surface area contributed by atoms with Gasteiger partial charge in [-0.25, -0.2) is 4.98 Å². The van der Waals surface area contributed by atoms with Crippen LogP contribution in [0.15, 0.2) is 72.8 Å². The second-order valence-electron chi connectivity index (χ2n) is 6.01. The van der Waals surface area contributed by atoms with Gasteiger partial charge in [0.2, 0.25) is 6.17 Å². The average Bonchev–Trinajstić information content (AvgIpc) is 3.01. The Kier molecular flexibility index (Phi) is 2.67. The zero-order valence-corrected chi connectivity index (χ0v) is 12.9. The summed E-state index contributed by atoms with van der Waals surface area (Å²) in [7, 11) is 0. The number of aromatic nitrogens is 2. The Labute approximate surface area is 139 Å². The van der Waals surface area contributed by atoms with Gasteiger partial charge in [-0.3, -0.25) is 0 Å². The number of hydrogen-bond acceptors (Lipinski definition) is 2. The largest absolute Gasteiger partial charge is 0.507 e. The minimum atomic E-state index is -0.174. The van der Waals surface area contributed by atoms with Crippen molar-refractivity contribution in [2.75, 3.05) is 5.32 Å². The topological polar surface area (TPSA) is 51.9 Å². The maximum atomic E-state index is 10.4. The van der Waals surface area contributed by atoms with Crippen LogP contribution < -0.4 is 9.88 Å². The molecular formula is C20H16N3O+. The lowest BCUT2D eigenvalue weighted by Crippen LogP contribution is -2.48. The van der Waals surface area contributed by atoms with Gasteiger partial charge in [-0.1, -0.05) is 36.4 Å². The minimum absolute atomic E-state index is 0.174. The number of imidazole rings is 1. The first kappa shape index (κ1) is 13.2. The van der Waals surface area contributed by atoms with Gasteiger partial charge in [-0.05, 0) is 36.4 Å². The number of fused-ring (bicyclic) bond motifs is 5. The van der Waals surface area contributed by atoms with Crippen LogP contribution in [0, 0.1) is 0 Å². The van der Waals surface area contributed by atoms with E-state index < -0.39 is 0 Å². The lowest BCUT2D eigenvalue weighted by Gasteiger charge is -2.25. The van der Waals surface area contributed by atoms with Crippen molar-refractivity contribution in [2.45, 2.75) is 6.17 Å². The van der Waals surface area contributed by atoms with E-state index in [2.05, 4.69) is 39.1 Å². The summed E-state index contributed by atoms with van der Waals surface area (Å²) in [5.41, 5.74) is 5.20. The highest BCUT2D eigenvalue weighted by Gasteiger charge is 2.35. The summed E-state index contributed by atoms with van der Waals surface area (Å²) in [4.78, 5) is 3.53. The lowest BCUT2D eigenvalue weighted by atomic mass is 10.0. The first-order valence-electron chi connectivity index (χ1n) is 7.99. The fraction of sp³-hybridized carbons (Fsp3) is 0.0500. The van der Waals surface area contributed by atoms with E-state index in [1.54, 1.807) is 6.07 Å². The number of phenols is 1. The molecule has 0 saturated heterocycles. The molecule has 1 aromatic heterocycles. The highest BCUT2D eigenvalue weighted by Crippen LogP contribution is 2.36. The Balaban J connectivity index is 1.86. The molecule has 1 atom stereocenters. The molecule has 0 fully saturated rings. The fourth-order valence-electron chi connectivity index (χ4n) is 3.53. The van der Waals surface area contributed by atoms with E-state index in [1.807, 2.05) is 42.5 Å². The summed E-state index contributed by atoms with van der Waals surface area (Å²) in [6, 6.07) is 23.9. The molecule has 1 unspecified atom stereocenters. The molecule has 4 heteroatoms. The molecule has 0 aliphatic carbocycles. The van der Waals surface area contributed by atoms with E-state index >= 15 is 0 Å². The molecule has 3 aromatic carbocycles. The summed E-state index contributed by atoms with van der Waals surface area (Å²) >= 11 is 0. The average molecular weight is 314 g/mol. The first-order valence-corrected chi connectivity index (χ1v) is 7.99. The predicted octanol–water partition coefficient (Wildman–Crippen LogP) is 3.80. The third kappa shape index (κ3) is 1.77. The van der Waals surface area contributed by atoms with Crippen LogP contribution in [0.3, 0.4) is 0 Å². The number of benzene rings is 3. The molecule has 4 aromatic rings. The number of rotatable bonds is 1. The molecule has 0 spiro atoms. The van der Waals surface area contributed by atoms with Gasteiger partial charge < -0.3 is 10.4 Å². The Hall–Kier alpha value is -3.27. The number of H-pyrrole nitrogens is 1. The third-order valence-corrected chi connectivity index (χ3v) is 4.62. The number of phenolic OH excluding ortho intramolecular Hbond substituents is 1. The molecule has 1 aliphatic rings. The van der Waals surface area contributed by atoms with Crippen molar-refractivity contribution in [3.63, 3.8) is 0 Å². The second kappa shape index (κ2) is 4.86. The van der Waals surface area contributed by atoms with Crippen LogP contribution in [0.1, 0.15) is 11.7 Å². The molecule has 116 valence electrons. The number of para-hydroxylation sites is 4. The molecule has 5 rings (SSSR count). The van der Waals surface area contributed by atoms with Gasteiger partial charge in [0.15, 0.2) is 11.0 Å². The molecular weight excluding hydrogens is 298 g/mol. The molecule has 4 nitrogen and oxygen atoms in total. The Morgan fingerprint density at radius 3 is 2.50 bits per heavy atom. The van der Waals surface area contributed by atoms with Crippen LogP contribution in [0.25, 0.3) is 22.4 Å². The smallest absolute Gasteiger partial charge is 0.291 e. The van der Waals surface area contributed by atoms with E-state index in [1.165, 1.54) is 0 Å². The summed E-state index contributed by atoms with van der Waals surface area (Å²) < 4.78 is 2.22. The minimum Gasteiger partial charge on any atom is -0.507 e. The van der Waals surface area contributed by atoms with Crippen LogP contribution >= 0.6 is 0 Å². The standard InChI is InChI=1S/C20H15N3O/c24-18-12-6-2-8-14(18)20-21-15-9-3-1-7-13(15)19-22-16-10-4-5-11-17(16)23(19)20/h1-12,20H,(H2,21,22,24)/p+1. The maximum absolute atomic E-state index is 10.4. The lowest BCUT2D eigenvalue weighted by molar-refractivity contribution is -0.673. The van der Waals surface area contributed by atoms with Gasteiger partial charge in [-0.2, -0.15) is 4.57 Å². The number of hydrogen-bond donors (Lipinski definition) is 3. The van der Waals surface area contributed by atoms with Crippen molar-refractivity contribution >= 4 is 16.7 Å². The van der Waals surface area contributed by atoms with E-state index in [0.717, 1.165) is 33.7 Å². The highest BCUT2D eigenvalue weighted by atomic mass is 16.3. The first-order chi connectivity index (χ1) is 11.8. The van der Waals surface area contributed by atoms with Gasteiger partial charge in [0.1, 0.15) is 5.75 Å². The molecule has 0 amide bonds. The zero-order chi connectivity index (χ0) is 16.1. The molecule has 2 heterocycles. The number of aromatic amines is 1. The van der Waals surface area contributed by atoms with Crippen LogP contribution in [-0.2, 0) is 0 Å².